The van der Waals surface area contributed by atoms with E-state index >= 15 is 0 Å². The van der Waals surface area contributed by atoms with E-state index in [2.05, 4.69) is 20.6 Å². The van der Waals surface area contributed by atoms with E-state index in [1.807, 2.05) is 0 Å². The van der Waals surface area contributed by atoms with Crippen molar-refractivity contribution in [3.8, 4) is 0 Å². The molecule has 2 heterocycles. The van der Waals surface area contributed by atoms with Crippen LogP contribution in [0.5, 0.6) is 0 Å². The lowest BCUT2D eigenvalue weighted by Crippen LogP contribution is -2.17. The zero-order valence-electron chi connectivity index (χ0n) is 11.7. The molecular formula is C10H13F3N6O2S. The van der Waals surface area contributed by atoms with Crippen molar-refractivity contribution in [1.82, 2.24) is 30.0 Å². The molecule has 0 unspecified atom stereocenters. The van der Waals surface area contributed by atoms with Gasteiger partial charge in [0.25, 0.3) is 0 Å². The van der Waals surface area contributed by atoms with Gasteiger partial charge in [0.2, 0.25) is 0 Å². The number of hydrogen-bond donors (Lipinski definition) is 0. The third kappa shape index (κ3) is 3.61. The highest BCUT2D eigenvalue weighted by molar-refractivity contribution is 7.89. The Bertz CT molecular complexity index is 764. The van der Waals surface area contributed by atoms with Crippen LogP contribution >= 0.6 is 0 Å². The Hall–Kier alpha value is -1.98. The van der Waals surface area contributed by atoms with Crippen LogP contribution in [-0.2, 0) is 41.1 Å². The van der Waals surface area contributed by atoms with Crippen molar-refractivity contribution < 1.29 is 21.6 Å². The quantitative estimate of drug-likeness (QED) is 0.790. The number of aromatic nitrogens is 6. The highest BCUT2D eigenvalue weighted by Gasteiger charge is 2.39. The van der Waals surface area contributed by atoms with Gasteiger partial charge in [-0.1, -0.05) is 10.4 Å². The maximum Gasteiger partial charge on any atom is 0.434 e. The molecule has 0 atom stereocenters. The van der Waals surface area contributed by atoms with E-state index in [-0.39, 0.29) is 5.69 Å². The molecule has 0 fully saturated rings. The SMILES string of the molecule is CCn1cc(CS(=O)(=O)Cc2nnn(C)c2C(F)(F)F)nn1. The number of halogens is 3. The van der Waals surface area contributed by atoms with Gasteiger partial charge in [-0.3, -0.25) is 4.68 Å². The van der Waals surface area contributed by atoms with E-state index in [4.69, 9.17) is 0 Å². The molecule has 122 valence electrons. The minimum Gasteiger partial charge on any atom is -0.253 e. The predicted molar refractivity (Wildman–Crippen MR) is 68.0 cm³/mol. The lowest BCUT2D eigenvalue weighted by Gasteiger charge is -2.08. The van der Waals surface area contributed by atoms with Crippen molar-refractivity contribution in [2.24, 2.45) is 7.05 Å². The Morgan fingerprint density at radius 2 is 1.86 bits per heavy atom. The summed E-state index contributed by atoms with van der Waals surface area (Å²) in [6.07, 6.45) is -3.30. The maximum atomic E-state index is 12.9. The first kappa shape index (κ1) is 16.4. The molecule has 22 heavy (non-hydrogen) atoms. The Kier molecular flexibility index (Phi) is 4.22. The topological polar surface area (TPSA) is 95.6 Å². The van der Waals surface area contributed by atoms with Gasteiger partial charge in [-0.2, -0.15) is 13.2 Å². The number of hydrogen-bond acceptors (Lipinski definition) is 6. The Balaban J connectivity index is 2.22. The summed E-state index contributed by atoms with van der Waals surface area (Å²) in [6.45, 7) is 2.30. The monoisotopic (exact) mass is 338 g/mol. The standard InChI is InChI=1S/C10H13F3N6O2S/c1-3-19-4-7(14-17-19)5-22(20,21)6-8-9(10(11,12)13)18(2)16-15-8/h4H,3,5-6H2,1-2H3. The average Bonchev–Trinajstić information content (AvgIpc) is 2.94. The van der Waals surface area contributed by atoms with Gasteiger partial charge in [-0.25, -0.2) is 13.1 Å². The van der Waals surface area contributed by atoms with Crippen LogP contribution < -0.4 is 0 Å². The van der Waals surface area contributed by atoms with Crippen LogP contribution in [0.1, 0.15) is 24.0 Å². The Morgan fingerprint density at radius 3 is 2.41 bits per heavy atom. The van der Waals surface area contributed by atoms with Gasteiger partial charge in [0, 0.05) is 19.8 Å². The molecule has 0 aliphatic carbocycles. The van der Waals surface area contributed by atoms with E-state index < -0.39 is 38.9 Å². The summed E-state index contributed by atoms with van der Waals surface area (Å²) < 4.78 is 64.6. The lowest BCUT2D eigenvalue weighted by molar-refractivity contribution is -0.144. The van der Waals surface area contributed by atoms with Crippen LogP contribution in [0.15, 0.2) is 6.20 Å². The molecule has 0 aliphatic rings. The van der Waals surface area contributed by atoms with E-state index in [0.717, 1.165) is 7.05 Å². The molecule has 0 saturated heterocycles. The van der Waals surface area contributed by atoms with Crippen LogP contribution in [0, 0.1) is 0 Å². The zero-order valence-corrected chi connectivity index (χ0v) is 12.6. The molecule has 2 rings (SSSR count). The Labute approximate surface area is 123 Å². The second-order valence-corrected chi connectivity index (χ2v) is 6.67. The van der Waals surface area contributed by atoms with Crippen molar-refractivity contribution in [2.45, 2.75) is 31.2 Å². The Morgan fingerprint density at radius 1 is 1.18 bits per heavy atom. The van der Waals surface area contributed by atoms with Gasteiger partial charge in [-0.15, -0.1) is 10.2 Å². The molecule has 0 saturated carbocycles. The molecule has 0 aliphatic heterocycles. The first-order valence-electron chi connectivity index (χ1n) is 6.17. The fraction of sp³-hybridized carbons (Fsp3) is 0.600. The number of alkyl halides is 3. The summed E-state index contributed by atoms with van der Waals surface area (Å²) in [6, 6.07) is 0. The summed E-state index contributed by atoms with van der Waals surface area (Å²) in [7, 11) is -2.83. The molecule has 0 spiro atoms. The molecule has 0 radical (unpaired) electrons. The maximum absolute atomic E-state index is 12.9. The molecular weight excluding hydrogens is 325 g/mol. The molecule has 0 amide bonds. The second kappa shape index (κ2) is 5.66. The molecule has 0 aromatic carbocycles. The van der Waals surface area contributed by atoms with Crippen molar-refractivity contribution in [3.05, 3.63) is 23.3 Å². The first-order chi connectivity index (χ1) is 10.1. The van der Waals surface area contributed by atoms with Gasteiger partial charge >= 0.3 is 6.18 Å². The number of sulfone groups is 1. The summed E-state index contributed by atoms with van der Waals surface area (Å²) >= 11 is 0. The first-order valence-corrected chi connectivity index (χ1v) is 7.99. The average molecular weight is 338 g/mol. The largest absolute Gasteiger partial charge is 0.434 e. The smallest absolute Gasteiger partial charge is 0.253 e. The van der Waals surface area contributed by atoms with Crippen LogP contribution in [0.3, 0.4) is 0 Å². The van der Waals surface area contributed by atoms with E-state index in [1.54, 1.807) is 6.92 Å². The molecule has 12 heteroatoms. The van der Waals surface area contributed by atoms with Crippen molar-refractivity contribution >= 4 is 9.84 Å². The minimum absolute atomic E-state index is 0.166. The van der Waals surface area contributed by atoms with Crippen molar-refractivity contribution in [2.75, 3.05) is 0 Å². The fourth-order valence-corrected chi connectivity index (χ4v) is 3.18. The summed E-state index contributed by atoms with van der Waals surface area (Å²) in [4.78, 5) is 0. The molecule has 2 aromatic heterocycles. The van der Waals surface area contributed by atoms with Gasteiger partial charge in [0.05, 0.1) is 17.2 Å². The van der Waals surface area contributed by atoms with E-state index in [0.29, 0.717) is 11.2 Å². The normalized spacial score (nSPS) is 12.8. The van der Waals surface area contributed by atoms with Crippen LogP contribution in [0.25, 0.3) is 0 Å². The zero-order chi connectivity index (χ0) is 16.5. The second-order valence-electron chi connectivity index (χ2n) is 4.60. The van der Waals surface area contributed by atoms with Gasteiger partial charge in [0.1, 0.15) is 5.69 Å². The highest BCUT2D eigenvalue weighted by atomic mass is 32.2. The van der Waals surface area contributed by atoms with Crippen LogP contribution in [-0.4, -0.2) is 38.4 Å². The van der Waals surface area contributed by atoms with Gasteiger partial charge in [0.15, 0.2) is 15.5 Å². The van der Waals surface area contributed by atoms with E-state index in [1.165, 1.54) is 10.9 Å². The van der Waals surface area contributed by atoms with Crippen LogP contribution in [0.4, 0.5) is 13.2 Å². The molecule has 0 bridgehead atoms. The third-order valence-corrected chi connectivity index (χ3v) is 4.25. The third-order valence-electron chi connectivity index (χ3n) is 2.80. The number of rotatable bonds is 5. The predicted octanol–water partition coefficient (Wildman–Crippen LogP) is 0.560. The minimum atomic E-state index is -4.73. The lowest BCUT2D eigenvalue weighted by atomic mass is 10.3. The number of aryl methyl sites for hydroxylation is 2. The summed E-state index contributed by atoms with van der Waals surface area (Å²) in [5, 5.41) is 13.9. The van der Waals surface area contributed by atoms with E-state index in [9.17, 15) is 21.6 Å². The summed E-state index contributed by atoms with van der Waals surface area (Å²) in [5.74, 6) is -1.38. The molecule has 2 aromatic rings. The fourth-order valence-electron chi connectivity index (χ4n) is 1.89. The summed E-state index contributed by atoms with van der Waals surface area (Å²) in [5.41, 5.74) is -1.63. The van der Waals surface area contributed by atoms with Crippen LogP contribution in [0.2, 0.25) is 0 Å². The van der Waals surface area contributed by atoms with Gasteiger partial charge < -0.3 is 0 Å². The van der Waals surface area contributed by atoms with Crippen molar-refractivity contribution in [3.63, 3.8) is 0 Å². The molecule has 0 N–H and O–H groups in total. The van der Waals surface area contributed by atoms with Gasteiger partial charge in [-0.05, 0) is 6.92 Å². The van der Waals surface area contributed by atoms with Crippen molar-refractivity contribution in [1.29, 1.82) is 0 Å². The molecule has 8 nitrogen and oxygen atoms in total. The number of nitrogens with zero attached hydrogens (tertiary/aromatic N) is 6. The highest BCUT2D eigenvalue weighted by Crippen LogP contribution is 2.31.